The topological polar surface area (TPSA) is 77.3 Å². The van der Waals surface area contributed by atoms with Crippen molar-refractivity contribution in [3.05, 3.63) is 36.4 Å². The van der Waals surface area contributed by atoms with Gasteiger partial charge in [0.25, 0.3) is 10.0 Å². The van der Waals surface area contributed by atoms with Crippen LogP contribution < -0.4 is 4.74 Å². The molecule has 1 fully saturated rings. The Kier molecular flexibility index (Phi) is 4.86. The van der Waals surface area contributed by atoms with Crippen molar-refractivity contribution in [1.29, 1.82) is 0 Å². The number of hydrogen-bond acceptors (Lipinski definition) is 5. The van der Waals surface area contributed by atoms with Gasteiger partial charge in [-0.3, -0.25) is 0 Å². The Balaban J connectivity index is 1.55. The second-order valence-electron chi connectivity index (χ2n) is 6.16. The van der Waals surface area contributed by atoms with Crippen molar-refractivity contribution in [1.82, 2.24) is 18.8 Å². The fourth-order valence-electron chi connectivity index (χ4n) is 2.79. The highest BCUT2D eigenvalue weighted by atomic mass is 32.2. The van der Waals surface area contributed by atoms with E-state index in [9.17, 15) is 8.42 Å². The number of pyridine rings is 1. The van der Waals surface area contributed by atoms with Crippen LogP contribution in [0.3, 0.4) is 0 Å². The number of imidazole rings is 1. The molecule has 7 nitrogen and oxygen atoms in total. The predicted molar refractivity (Wildman–Crippen MR) is 89.2 cm³/mol. The zero-order valence-electron chi connectivity index (χ0n) is 13.9. The summed E-state index contributed by atoms with van der Waals surface area (Å²) in [7, 11) is -1.73. The molecule has 1 aliphatic rings. The van der Waals surface area contributed by atoms with E-state index in [1.807, 2.05) is 19.1 Å². The average molecular weight is 350 g/mol. The Morgan fingerprint density at radius 3 is 2.67 bits per heavy atom. The number of aromatic nitrogens is 3. The second-order valence-corrected chi connectivity index (χ2v) is 8.05. The zero-order valence-corrected chi connectivity index (χ0v) is 14.7. The normalized spacial score (nSPS) is 17.1. The first-order chi connectivity index (χ1) is 11.5. The van der Waals surface area contributed by atoms with E-state index in [4.69, 9.17) is 4.74 Å². The minimum atomic E-state index is -3.49. The molecule has 0 bridgehead atoms. The molecule has 0 atom stereocenters. The SMILES string of the molecule is Cc1cccnc1OCC1CCN(S(=O)(=O)c2cn(C)cn2)CC1. The fourth-order valence-corrected chi connectivity index (χ4v) is 4.23. The first-order valence-corrected chi connectivity index (χ1v) is 9.43. The van der Waals surface area contributed by atoms with E-state index in [-0.39, 0.29) is 5.03 Å². The van der Waals surface area contributed by atoms with Gasteiger partial charge >= 0.3 is 0 Å². The Bertz CT molecular complexity index is 795. The van der Waals surface area contributed by atoms with Gasteiger partial charge in [-0.05, 0) is 31.7 Å². The van der Waals surface area contributed by atoms with Gasteiger partial charge in [-0.1, -0.05) is 6.07 Å². The monoisotopic (exact) mass is 350 g/mol. The lowest BCUT2D eigenvalue weighted by atomic mass is 9.99. The number of piperidine rings is 1. The Morgan fingerprint density at radius 1 is 1.29 bits per heavy atom. The van der Waals surface area contributed by atoms with Gasteiger partial charge in [-0.2, -0.15) is 4.31 Å². The van der Waals surface area contributed by atoms with Crippen LogP contribution in [0, 0.1) is 12.8 Å². The molecule has 1 saturated heterocycles. The standard InChI is InChI=1S/C16H22N4O3S/c1-13-4-3-7-17-16(13)23-11-14-5-8-20(9-6-14)24(21,22)15-10-19(2)12-18-15/h3-4,7,10,12,14H,5-6,8-9,11H2,1-2H3. The van der Waals surface area contributed by atoms with Gasteiger partial charge in [0.2, 0.25) is 5.88 Å². The summed E-state index contributed by atoms with van der Waals surface area (Å²) >= 11 is 0. The third-order valence-electron chi connectivity index (χ3n) is 4.28. The van der Waals surface area contributed by atoms with Crippen LogP contribution >= 0.6 is 0 Å². The van der Waals surface area contributed by atoms with Crippen molar-refractivity contribution in [3.8, 4) is 5.88 Å². The second kappa shape index (κ2) is 6.90. The summed E-state index contributed by atoms with van der Waals surface area (Å²) in [5, 5.41) is 0.115. The van der Waals surface area contributed by atoms with Crippen LogP contribution in [0.15, 0.2) is 35.9 Å². The van der Waals surface area contributed by atoms with Crippen LogP contribution in [0.4, 0.5) is 0 Å². The van der Waals surface area contributed by atoms with Gasteiger partial charge in [-0.25, -0.2) is 18.4 Å². The molecule has 2 aromatic heterocycles. The Labute approximate surface area is 142 Å². The average Bonchev–Trinajstić information content (AvgIpc) is 3.02. The number of aryl methyl sites for hydroxylation is 2. The molecule has 130 valence electrons. The van der Waals surface area contributed by atoms with Crippen LogP contribution in [0.5, 0.6) is 5.88 Å². The molecule has 3 rings (SSSR count). The number of sulfonamides is 1. The number of rotatable bonds is 5. The molecule has 8 heteroatoms. The predicted octanol–water partition coefficient (Wildman–Crippen LogP) is 1.60. The third kappa shape index (κ3) is 3.59. The van der Waals surface area contributed by atoms with Gasteiger partial charge in [0, 0.05) is 38.1 Å². The van der Waals surface area contributed by atoms with Crippen LogP contribution in [0.1, 0.15) is 18.4 Å². The molecule has 2 aromatic rings. The van der Waals surface area contributed by atoms with Crippen molar-refractivity contribution >= 4 is 10.0 Å². The molecular weight excluding hydrogens is 328 g/mol. The summed E-state index contributed by atoms with van der Waals surface area (Å²) in [6, 6.07) is 3.84. The maximum Gasteiger partial charge on any atom is 0.262 e. The molecule has 0 aliphatic carbocycles. The highest BCUT2D eigenvalue weighted by molar-refractivity contribution is 7.89. The lowest BCUT2D eigenvalue weighted by molar-refractivity contribution is 0.180. The third-order valence-corrected chi connectivity index (χ3v) is 6.06. The van der Waals surface area contributed by atoms with E-state index >= 15 is 0 Å². The molecule has 0 aromatic carbocycles. The summed E-state index contributed by atoms with van der Waals surface area (Å²) in [5.41, 5.74) is 1.01. The summed E-state index contributed by atoms with van der Waals surface area (Å²) in [4.78, 5) is 8.19. The quantitative estimate of drug-likeness (QED) is 0.819. The van der Waals surface area contributed by atoms with Gasteiger partial charge < -0.3 is 9.30 Å². The number of hydrogen-bond donors (Lipinski definition) is 0. The largest absolute Gasteiger partial charge is 0.477 e. The van der Waals surface area contributed by atoms with Crippen molar-refractivity contribution in [2.24, 2.45) is 13.0 Å². The molecule has 0 saturated carbocycles. The Hall–Kier alpha value is -1.93. The number of nitrogens with zero attached hydrogens (tertiary/aromatic N) is 4. The molecule has 0 spiro atoms. The molecule has 0 amide bonds. The van der Waals surface area contributed by atoms with E-state index < -0.39 is 10.0 Å². The van der Waals surface area contributed by atoms with Crippen LogP contribution in [-0.4, -0.2) is 47.0 Å². The Morgan fingerprint density at radius 2 is 2.04 bits per heavy atom. The van der Waals surface area contributed by atoms with E-state index in [2.05, 4.69) is 9.97 Å². The van der Waals surface area contributed by atoms with Gasteiger partial charge in [0.15, 0.2) is 5.03 Å². The molecule has 1 aliphatic heterocycles. The number of ether oxygens (including phenoxy) is 1. The van der Waals surface area contributed by atoms with Crippen molar-refractivity contribution in [2.75, 3.05) is 19.7 Å². The highest BCUT2D eigenvalue weighted by Crippen LogP contribution is 2.24. The minimum absolute atomic E-state index is 0.115. The van der Waals surface area contributed by atoms with Crippen molar-refractivity contribution in [2.45, 2.75) is 24.8 Å². The molecule has 0 unspecified atom stereocenters. The molecule has 0 N–H and O–H groups in total. The van der Waals surface area contributed by atoms with Gasteiger partial charge in [0.05, 0.1) is 12.9 Å². The maximum absolute atomic E-state index is 12.5. The minimum Gasteiger partial charge on any atom is -0.477 e. The van der Waals surface area contributed by atoms with Crippen LogP contribution in [0.2, 0.25) is 0 Å². The van der Waals surface area contributed by atoms with Crippen LogP contribution in [0.25, 0.3) is 0 Å². The molecular formula is C16H22N4O3S. The first kappa shape index (κ1) is 16.9. The lowest BCUT2D eigenvalue weighted by Gasteiger charge is -2.30. The van der Waals surface area contributed by atoms with Gasteiger partial charge in [-0.15, -0.1) is 0 Å². The van der Waals surface area contributed by atoms with E-state index in [1.165, 1.54) is 16.8 Å². The van der Waals surface area contributed by atoms with Crippen molar-refractivity contribution in [3.63, 3.8) is 0 Å². The maximum atomic E-state index is 12.5. The van der Waals surface area contributed by atoms with E-state index in [1.54, 1.807) is 17.8 Å². The van der Waals surface area contributed by atoms with E-state index in [0.29, 0.717) is 31.5 Å². The van der Waals surface area contributed by atoms with Gasteiger partial charge in [0.1, 0.15) is 0 Å². The fraction of sp³-hybridized carbons (Fsp3) is 0.500. The summed E-state index contributed by atoms with van der Waals surface area (Å²) in [6.07, 6.45) is 6.30. The summed E-state index contributed by atoms with van der Waals surface area (Å²) in [6.45, 7) is 3.52. The van der Waals surface area contributed by atoms with Crippen molar-refractivity contribution < 1.29 is 13.2 Å². The molecule has 0 radical (unpaired) electrons. The van der Waals surface area contributed by atoms with E-state index in [0.717, 1.165) is 18.4 Å². The first-order valence-electron chi connectivity index (χ1n) is 7.99. The van der Waals surface area contributed by atoms with Crippen LogP contribution in [-0.2, 0) is 17.1 Å². The zero-order chi connectivity index (χ0) is 17.2. The summed E-state index contributed by atoms with van der Waals surface area (Å²) < 4.78 is 34.0. The summed E-state index contributed by atoms with van der Waals surface area (Å²) in [5.74, 6) is 0.989. The smallest absolute Gasteiger partial charge is 0.262 e. The highest BCUT2D eigenvalue weighted by Gasteiger charge is 2.31. The molecule has 24 heavy (non-hydrogen) atoms. The lowest BCUT2D eigenvalue weighted by Crippen LogP contribution is -2.39. The molecule has 3 heterocycles.